The van der Waals surface area contributed by atoms with Crippen LogP contribution in [0.3, 0.4) is 0 Å². The Hall–Kier alpha value is -1.78. The zero-order chi connectivity index (χ0) is 9.14. The number of esters is 1. The molecule has 0 unspecified atom stereocenters. The molecule has 1 heterocycles. The first-order chi connectivity index (χ1) is 5.65. The minimum absolute atomic E-state index is 0.0400. The van der Waals surface area contributed by atoms with Crippen LogP contribution in [0, 0.1) is 0 Å². The van der Waals surface area contributed by atoms with Crippen LogP contribution < -0.4 is 5.73 Å². The van der Waals surface area contributed by atoms with Gasteiger partial charge in [-0.05, 0) is 6.07 Å². The fourth-order valence-electron chi connectivity index (χ4n) is 0.747. The molecule has 0 aliphatic rings. The number of aromatic hydroxyl groups is 1. The average molecular weight is 168 g/mol. The van der Waals surface area contributed by atoms with E-state index in [1.54, 1.807) is 0 Å². The third-order valence-corrected chi connectivity index (χ3v) is 1.32. The summed E-state index contributed by atoms with van der Waals surface area (Å²) < 4.78 is 4.42. The maximum absolute atomic E-state index is 10.9. The molecule has 5 nitrogen and oxygen atoms in total. The molecule has 3 N–H and O–H groups in total. The van der Waals surface area contributed by atoms with Crippen molar-refractivity contribution >= 4 is 11.8 Å². The lowest BCUT2D eigenvalue weighted by atomic mass is 10.2. The summed E-state index contributed by atoms with van der Waals surface area (Å²) in [5, 5.41) is 8.85. The molecule has 0 bridgehead atoms. The average Bonchev–Trinajstić information content (AvgIpc) is 2.03. The van der Waals surface area contributed by atoms with Crippen molar-refractivity contribution in [3.63, 3.8) is 0 Å². The van der Waals surface area contributed by atoms with Gasteiger partial charge in [-0.2, -0.15) is 4.98 Å². The maximum atomic E-state index is 10.9. The quantitative estimate of drug-likeness (QED) is 0.583. The van der Waals surface area contributed by atoms with Gasteiger partial charge in [-0.25, -0.2) is 4.79 Å². The SMILES string of the molecule is COC(=O)c1ccc(O)nc1N. The lowest BCUT2D eigenvalue weighted by Gasteiger charge is -2.01. The van der Waals surface area contributed by atoms with E-state index >= 15 is 0 Å². The summed E-state index contributed by atoms with van der Waals surface area (Å²) in [4.78, 5) is 14.4. The summed E-state index contributed by atoms with van der Waals surface area (Å²) in [5.41, 5.74) is 5.47. The summed E-state index contributed by atoms with van der Waals surface area (Å²) in [7, 11) is 1.24. The lowest BCUT2D eigenvalue weighted by molar-refractivity contribution is 0.0601. The minimum Gasteiger partial charge on any atom is -0.493 e. The molecule has 0 atom stereocenters. The number of anilines is 1. The minimum atomic E-state index is -0.569. The number of carbonyl (C=O) groups is 1. The molecule has 64 valence electrons. The molecule has 1 aromatic heterocycles. The first kappa shape index (κ1) is 8.32. The molecular weight excluding hydrogens is 160 g/mol. The van der Waals surface area contributed by atoms with Crippen molar-refractivity contribution in [2.45, 2.75) is 0 Å². The van der Waals surface area contributed by atoms with Gasteiger partial charge in [0.15, 0.2) is 0 Å². The van der Waals surface area contributed by atoms with Crippen molar-refractivity contribution in [1.82, 2.24) is 4.98 Å². The molecule has 0 aliphatic carbocycles. The number of carbonyl (C=O) groups excluding carboxylic acids is 1. The third kappa shape index (κ3) is 1.45. The Bertz CT molecular complexity index is 312. The topological polar surface area (TPSA) is 85.4 Å². The van der Waals surface area contributed by atoms with Gasteiger partial charge in [-0.3, -0.25) is 0 Å². The number of nitrogens with zero attached hydrogens (tertiary/aromatic N) is 1. The van der Waals surface area contributed by atoms with Gasteiger partial charge in [0.2, 0.25) is 5.88 Å². The molecule has 0 amide bonds. The highest BCUT2D eigenvalue weighted by Gasteiger charge is 2.10. The number of rotatable bonds is 1. The van der Waals surface area contributed by atoms with Crippen molar-refractivity contribution in [3.8, 4) is 5.88 Å². The van der Waals surface area contributed by atoms with Gasteiger partial charge >= 0.3 is 5.97 Å². The second kappa shape index (κ2) is 3.08. The number of methoxy groups -OCH3 is 1. The first-order valence-electron chi connectivity index (χ1n) is 3.19. The van der Waals surface area contributed by atoms with Gasteiger partial charge in [0, 0.05) is 6.07 Å². The largest absolute Gasteiger partial charge is 0.493 e. The van der Waals surface area contributed by atoms with Crippen LogP contribution in [0.1, 0.15) is 10.4 Å². The molecule has 1 aromatic rings. The number of hydrogen-bond acceptors (Lipinski definition) is 5. The summed E-state index contributed by atoms with van der Waals surface area (Å²) in [6, 6.07) is 2.62. The molecule has 0 spiro atoms. The van der Waals surface area contributed by atoms with E-state index in [0.29, 0.717) is 0 Å². The van der Waals surface area contributed by atoms with Crippen LogP contribution in [-0.4, -0.2) is 23.2 Å². The van der Waals surface area contributed by atoms with E-state index in [-0.39, 0.29) is 17.3 Å². The number of ether oxygens (including phenoxy) is 1. The Morgan fingerprint density at radius 1 is 1.67 bits per heavy atom. The Morgan fingerprint density at radius 2 is 2.33 bits per heavy atom. The molecule has 0 saturated carbocycles. The van der Waals surface area contributed by atoms with Crippen LogP contribution in [-0.2, 0) is 4.74 Å². The molecule has 0 radical (unpaired) electrons. The van der Waals surface area contributed by atoms with Crippen LogP contribution >= 0.6 is 0 Å². The fraction of sp³-hybridized carbons (Fsp3) is 0.143. The molecule has 1 rings (SSSR count). The van der Waals surface area contributed by atoms with E-state index < -0.39 is 5.97 Å². The highest BCUT2D eigenvalue weighted by Crippen LogP contribution is 2.13. The normalized spacial score (nSPS) is 9.42. The molecule has 0 aliphatic heterocycles. The second-order valence-corrected chi connectivity index (χ2v) is 2.09. The van der Waals surface area contributed by atoms with Crippen LogP contribution in [0.5, 0.6) is 5.88 Å². The summed E-state index contributed by atoms with van der Waals surface area (Å²) in [6.45, 7) is 0. The van der Waals surface area contributed by atoms with E-state index in [4.69, 9.17) is 10.8 Å². The monoisotopic (exact) mass is 168 g/mol. The lowest BCUT2D eigenvalue weighted by Crippen LogP contribution is -2.06. The van der Waals surface area contributed by atoms with E-state index in [9.17, 15) is 4.79 Å². The second-order valence-electron chi connectivity index (χ2n) is 2.09. The highest BCUT2D eigenvalue weighted by molar-refractivity contribution is 5.94. The van der Waals surface area contributed by atoms with E-state index in [0.717, 1.165) is 0 Å². The molecule has 0 aromatic carbocycles. The standard InChI is InChI=1S/C7H8N2O3/c1-12-7(11)4-2-3-5(10)9-6(4)8/h2-3H,1H3,(H3,8,9,10). The van der Waals surface area contributed by atoms with Crippen molar-refractivity contribution in [2.75, 3.05) is 12.8 Å². The van der Waals surface area contributed by atoms with Crippen molar-refractivity contribution < 1.29 is 14.6 Å². The zero-order valence-electron chi connectivity index (χ0n) is 6.44. The van der Waals surface area contributed by atoms with Crippen molar-refractivity contribution in [3.05, 3.63) is 17.7 Å². The van der Waals surface area contributed by atoms with Gasteiger partial charge in [0.1, 0.15) is 11.4 Å². The maximum Gasteiger partial charge on any atom is 0.341 e. The highest BCUT2D eigenvalue weighted by atomic mass is 16.5. The smallest absolute Gasteiger partial charge is 0.341 e. The van der Waals surface area contributed by atoms with Gasteiger partial charge < -0.3 is 15.6 Å². The Kier molecular flexibility index (Phi) is 2.14. The van der Waals surface area contributed by atoms with Gasteiger partial charge in [-0.1, -0.05) is 0 Å². The summed E-state index contributed by atoms with van der Waals surface area (Å²) in [6.07, 6.45) is 0. The molecule has 0 fully saturated rings. The van der Waals surface area contributed by atoms with Crippen LogP contribution in [0.2, 0.25) is 0 Å². The summed E-state index contributed by atoms with van der Waals surface area (Å²) in [5.74, 6) is -0.831. The van der Waals surface area contributed by atoms with Crippen LogP contribution in [0.15, 0.2) is 12.1 Å². The van der Waals surface area contributed by atoms with E-state index in [1.807, 2.05) is 0 Å². The first-order valence-corrected chi connectivity index (χ1v) is 3.19. The zero-order valence-corrected chi connectivity index (χ0v) is 6.44. The van der Waals surface area contributed by atoms with Gasteiger partial charge in [0.25, 0.3) is 0 Å². The van der Waals surface area contributed by atoms with E-state index in [1.165, 1.54) is 19.2 Å². The number of nitrogens with two attached hydrogens (primary N) is 1. The van der Waals surface area contributed by atoms with Crippen molar-refractivity contribution in [2.24, 2.45) is 0 Å². The van der Waals surface area contributed by atoms with Gasteiger partial charge in [-0.15, -0.1) is 0 Å². The van der Waals surface area contributed by atoms with Crippen LogP contribution in [0.4, 0.5) is 5.82 Å². The predicted molar refractivity (Wildman–Crippen MR) is 41.7 cm³/mol. The Balaban J connectivity index is 3.09. The molecule has 5 heteroatoms. The van der Waals surface area contributed by atoms with Gasteiger partial charge in [0.05, 0.1) is 7.11 Å². The Labute approximate surface area is 68.8 Å². The number of hydrogen-bond donors (Lipinski definition) is 2. The molecular formula is C7H8N2O3. The fourth-order valence-corrected chi connectivity index (χ4v) is 0.747. The number of aromatic nitrogens is 1. The number of pyridine rings is 1. The molecule has 12 heavy (non-hydrogen) atoms. The number of nitrogen functional groups attached to an aromatic ring is 1. The van der Waals surface area contributed by atoms with E-state index in [2.05, 4.69) is 9.72 Å². The summed E-state index contributed by atoms with van der Waals surface area (Å²) >= 11 is 0. The molecule has 0 saturated heterocycles. The van der Waals surface area contributed by atoms with Crippen LogP contribution in [0.25, 0.3) is 0 Å². The third-order valence-electron chi connectivity index (χ3n) is 1.32. The predicted octanol–water partition coefficient (Wildman–Crippen LogP) is 0.156. The Morgan fingerprint density at radius 3 is 2.83 bits per heavy atom. The van der Waals surface area contributed by atoms with Crippen molar-refractivity contribution in [1.29, 1.82) is 0 Å².